The maximum absolute atomic E-state index is 9.68. The summed E-state index contributed by atoms with van der Waals surface area (Å²) in [6, 6.07) is 12.6. The summed E-state index contributed by atoms with van der Waals surface area (Å²) in [5.74, 6) is 3.12. The standard InChI is InChI=1S/C28H31N9O/c1-19-6-4-7-20-27(19)28(31-23(18-29)30-20)36-11-3-2-8-22(36)21-16-25-32-24(34-9-5-10-34)17-26(37(25)33-21)35-12-14-38-15-13-35/h4,6-7,16-17,22H,2-3,5,8-15H2,1H3. The number of ether oxygens (including phenoxy) is 1. The molecule has 10 heteroatoms. The van der Waals surface area contributed by atoms with Gasteiger partial charge in [0.25, 0.3) is 0 Å². The summed E-state index contributed by atoms with van der Waals surface area (Å²) in [7, 11) is 0. The third-order valence-electron chi connectivity index (χ3n) is 8.06. The predicted molar refractivity (Wildman–Crippen MR) is 146 cm³/mol. The highest BCUT2D eigenvalue weighted by Crippen LogP contribution is 2.38. The first kappa shape index (κ1) is 23.2. The maximum atomic E-state index is 9.68. The zero-order valence-corrected chi connectivity index (χ0v) is 21.7. The maximum Gasteiger partial charge on any atom is 0.234 e. The average Bonchev–Trinajstić information content (AvgIpc) is 3.36. The minimum Gasteiger partial charge on any atom is -0.378 e. The second-order valence-electron chi connectivity index (χ2n) is 10.4. The topological polar surface area (TPSA) is 98.7 Å². The SMILES string of the molecule is Cc1cccc2nc(C#N)nc(N3CCCCC3c3cc4nc(N5CCC5)cc(N5CCOCC5)n4n3)c12. The molecule has 194 valence electrons. The summed E-state index contributed by atoms with van der Waals surface area (Å²) in [5.41, 5.74) is 3.78. The quantitative estimate of drug-likeness (QED) is 0.408. The Kier molecular flexibility index (Phi) is 5.73. The molecule has 6 heterocycles. The Morgan fingerprint density at radius 3 is 2.61 bits per heavy atom. The van der Waals surface area contributed by atoms with Crippen molar-refractivity contribution in [2.75, 3.05) is 60.6 Å². The zero-order chi connectivity index (χ0) is 25.6. The van der Waals surface area contributed by atoms with Crippen molar-refractivity contribution in [3.05, 3.63) is 47.4 Å². The van der Waals surface area contributed by atoms with Crippen LogP contribution in [0.5, 0.6) is 0 Å². The molecule has 7 rings (SSSR count). The summed E-state index contributed by atoms with van der Waals surface area (Å²) >= 11 is 0. The molecule has 0 N–H and O–H groups in total. The second-order valence-corrected chi connectivity index (χ2v) is 10.4. The highest BCUT2D eigenvalue weighted by Gasteiger charge is 2.31. The lowest BCUT2D eigenvalue weighted by atomic mass is 9.98. The number of aryl methyl sites for hydroxylation is 1. The lowest BCUT2D eigenvalue weighted by Crippen LogP contribution is -2.40. The van der Waals surface area contributed by atoms with Crippen molar-refractivity contribution in [1.29, 1.82) is 5.26 Å². The van der Waals surface area contributed by atoms with Gasteiger partial charge in [-0.15, -0.1) is 0 Å². The van der Waals surface area contributed by atoms with Crippen molar-refractivity contribution in [1.82, 2.24) is 24.6 Å². The average molecular weight is 510 g/mol. The molecule has 0 radical (unpaired) electrons. The highest BCUT2D eigenvalue weighted by atomic mass is 16.5. The highest BCUT2D eigenvalue weighted by molar-refractivity contribution is 5.93. The van der Waals surface area contributed by atoms with Gasteiger partial charge >= 0.3 is 0 Å². The molecule has 3 aliphatic rings. The molecule has 3 saturated heterocycles. The van der Waals surface area contributed by atoms with Gasteiger partial charge in [-0.05, 0) is 44.2 Å². The molecule has 4 aromatic rings. The molecule has 3 fully saturated rings. The molecule has 3 aromatic heterocycles. The fraction of sp³-hybridized carbons (Fsp3) is 0.464. The van der Waals surface area contributed by atoms with Crippen molar-refractivity contribution >= 4 is 34.0 Å². The third kappa shape index (κ3) is 3.89. The smallest absolute Gasteiger partial charge is 0.234 e. The van der Waals surface area contributed by atoms with E-state index in [2.05, 4.69) is 50.9 Å². The first-order chi connectivity index (χ1) is 18.7. The fourth-order valence-corrected chi connectivity index (χ4v) is 5.93. The number of nitriles is 1. The first-order valence-electron chi connectivity index (χ1n) is 13.6. The third-order valence-corrected chi connectivity index (χ3v) is 8.06. The van der Waals surface area contributed by atoms with Crippen LogP contribution in [0.1, 0.15) is 48.8 Å². The minimum absolute atomic E-state index is 0.0414. The van der Waals surface area contributed by atoms with Crippen LogP contribution in [0.2, 0.25) is 0 Å². The number of aromatic nitrogens is 5. The summed E-state index contributed by atoms with van der Waals surface area (Å²) in [5, 5.41) is 15.9. The Balaban J connectivity index is 1.35. The van der Waals surface area contributed by atoms with Crippen molar-refractivity contribution in [3.63, 3.8) is 0 Å². The number of hydrogen-bond donors (Lipinski definition) is 0. The molecule has 38 heavy (non-hydrogen) atoms. The van der Waals surface area contributed by atoms with Crippen molar-refractivity contribution in [2.45, 2.75) is 38.6 Å². The molecule has 0 aliphatic carbocycles. The van der Waals surface area contributed by atoms with Crippen LogP contribution in [0, 0.1) is 18.3 Å². The Bertz CT molecular complexity index is 1550. The number of benzene rings is 1. The van der Waals surface area contributed by atoms with Gasteiger partial charge in [0.05, 0.1) is 30.5 Å². The van der Waals surface area contributed by atoms with Gasteiger partial charge in [0.1, 0.15) is 23.5 Å². The van der Waals surface area contributed by atoms with E-state index in [9.17, 15) is 5.26 Å². The van der Waals surface area contributed by atoms with Crippen LogP contribution in [0.25, 0.3) is 16.6 Å². The van der Waals surface area contributed by atoms with E-state index in [1.807, 2.05) is 16.6 Å². The van der Waals surface area contributed by atoms with Crippen LogP contribution in [-0.4, -0.2) is 70.5 Å². The van der Waals surface area contributed by atoms with Crippen LogP contribution in [0.3, 0.4) is 0 Å². The van der Waals surface area contributed by atoms with Crippen LogP contribution < -0.4 is 14.7 Å². The molecule has 0 bridgehead atoms. The largest absolute Gasteiger partial charge is 0.378 e. The number of hydrogen-bond acceptors (Lipinski definition) is 9. The minimum atomic E-state index is 0.0414. The van der Waals surface area contributed by atoms with Crippen molar-refractivity contribution in [3.8, 4) is 6.07 Å². The van der Waals surface area contributed by atoms with E-state index in [0.29, 0.717) is 0 Å². The summed E-state index contributed by atoms with van der Waals surface area (Å²) < 4.78 is 7.65. The Morgan fingerprint density at radius 2 is 1.82 bits per heavy atom. The van der Waals surface area contributed by atoms with Gasteiger partial charge in [-0.25, -0.2) is 15.0 Å². The summed E-state index contributed by atoms with van der Waals surface area (Å²) in [6.07, 6.45) is 4.36. The molecule has 3 aliphatic heterocycles. The van der Waals surface area contributed by atoms with E-state index < -0.39 is 0 Å². The number of piperidine rings is 1. The number of rotatable bonds is 4. The molecule has 0 saturated carbocycles. The van der Waals surface area contributed by atoms with E-state index in [1.165, 1.54) is 6.42 Å². The van der Waals surface area contributed by atoms with Gasteiger partial charge in [-0.1, -0.05) is 12.1 Å². The summed E-state index contributed by atoms with van der Waals surface area (Å²) in [6.45, 7) is 8.14. The van der Waals surface area contributed by atoms with Crippen molar-refractivity contribution < 1.29 is 4.74 Å². The lowest BCUT2D eigenvalue weighted by Gasteiger charge is -2.36. The Morgan fingerprint density at radius 1 is 0.947 bits per heavy atom. The lowest BCUT2D eigenvalue weighted by molar-refractivity contribution is 0.122. The molecule has 1 atom stereocenters. The van der Waals surface area contributed by atoms with Gasteiger partial charge in [-0.3, -0.25) is 0 Å². The van der Waals surface area contributed by atoms with Crippen LogP contribution in [0.4, 0.5) is 17.5 Å². The normalized spacial score (nSPS) is 20.1. The molecular formula is C28H31N9O. The van der Waals surface area contributed by atoms with Crippen LogP contribution in [-0.2, 0) is 4.74 Å². The van der Waals surface area contributed by atoms with Crippen LogP contribution in [0.15, 0.2) is 30.3 Å². The van der Waals surface area contributed by atoms with Crippen LogP contribution >= 0.6 is 0 Å². The van der Waals surface area contributed by atoms with E-state index in [-0.39, 0.29) is 11.9 Å². The van der Waals surface area contributed by atoms with Gasteiger partial charge in [-0.2, -0.15) is 14.9 Å². The van der Waals surface area contributed by atoms with E-state index in [1.54, 1.807) is 0 Å². The van der Waals surface area contributed by atoms with E-state index in [0.717, 1.165) is 110 Å². The summed E-state index contributed by atoms with van der Waals surface area (Å²) in [4.78, 5) is 21.3. The first-order valence-corrected chi connectivity index (χ1v) is 13.6. The number of morpholine rings is 1. The number of nitrogens with zero attached hydrogens (tertiary/aromatic N) is 9. The molecule has 0 amide bonds. The molecular weight excluding hydrogens is 478 g/mol. The number of fused-ring (bicyclic) bond motifs is 2. The van der Waals surface area contributed by atoms with Gasteiger partial charge in [0.15, 0.2) is 5.65 Å². The molecule has 0 spiro atoms. The Hall–Kier alpha value is -3.97. The fourth-order valence-electron chi connectivity index (χ4n) is 5.93. The molecule has 10 nitrogen and oxygen atoms in total. The molecule has 1 unspecified atom stereocenters. The monoisotopic (exact) mass is 509 g/mol. The van der Waals surface area contributed by atoms with Crippen molar-refractivity contribution in [2.24, 2.45) is 0 Å². The van der Waals surface area contributed by atoms with Gasteiger partial charge < -0.3 is 19.4 Å². The van der Waals surface area contributed by atoms with Gasteiger partial charge in [0, 0.05) is 50.2 Å². The Labute approximate surface area is 221 Å². The van der Waals surface area contributed by atoms with Gasteiger partial charge in [0.2, 0.25) is 5.82 Å². The molecule has 1 aromatic carbocycles. The van der Waals surface area contributed by atoms with E-state index in [4.69, 9.17) is 19.8 Å². The van der Waals surface area contributed by atoms with E-state index >= 15 is 0 Å². The predicted octanol–water partition coefficient (Wildman–Crippen LogP) is 3.63. The number of anilines is 3. The zero-order valence-electron chi connectivity index (χ0n) is 21.7. The second kappa shape index (κ2) is 9.40.